The van der Waals surface area contributed by atoms with Crippen LogP contribution in [0.5, 0.6) is 5.75 Å². The highest BCUT2D eigenvalue weighted by atomic mass is 19.4. The van der Waals surface area contributed by atoms with Gasteiger partial charge in [0.2, 0.25) is 0 Å². The SMILES string of the molecule is O=C1c2ccc(F)cc2NC2(CNC2)N1c1ccc(OC(F)(F)F)cc1. The Kier molecular flexibility index (Phi) is 3.58. The maximum absolute atomic E-state index is 13.5. The van der Waals surface area contributed by atoms with Crippen LogP contribution < -0.4 is 20.3 Å². The highest BCUT2D eigenvalue weighted by molar-refractivity contribution is 6.13. The van der Waals surface area contributed by atoms with Gasteiger partial charge in [-0.3, -0.25) is 9.69 Å². The zero-order chi connectivity index (χ0) is 18.5. The molecule has 0 radical (unpaired) electrons. The van der Waals surface area contributed by atoms with Gasteiger partial charge in [0.25, 0.3) is 5.91 Å². The topological polar surface area (TPSA) is 53.6 Å². The summed E-state index contributed by atoms with van der Waals surface area (Å²) in [7, 11) is 0. The Hall–Kier alpha value is -2.81. The van der Waals surface area contributed by atoms with E-state index in [9.17, 15) is 22.4 Å². The van der Waals surface area contributed by atoms with Gasteiger partial charge in [-0.2, -0.15) is 0 Å². The molecule has 2 heterocycles. The van der Waals surface area contributed by atoms with Crippen LogP contribution in [0.3, 0.4) is 0 Å². The third-order valence-corrected chi connectivity index (χ3v) is 4.37. The molecule has 2 N–H and O–H groups in total. The Balaban J connectivity index is 1.70. The number of amides is 1. The van der Waals surface area contributed by atoms with Gasteiger partial charge in [-0.1, -0.05) is 0 Å². The van der Waals surface area contributed by atoms with Gasteiger partial charge in [-0.15, -0.1) is 13.2 Å². The molecule has 1 spiro atoms. The van der Waals surface area contributed by atoms with E-state index < -0.39 is 17.8 Å². The number of carbonyl (C=O) groups excluding carboxylic acids is 1. The fourth-order valence-corrected chi connectivity index (χ4v) is 3.20. The highest BCUT2D eigenvalue weighted by Gasteiger charge is 2.50. The van der Waals surface area contributed by atoms with Crippen LogP contribution in [-0.4, -0.2) is 31.0 Å². The van der Waals surface area contributed by atoms with E-state index in [1.54, 1.807) is 0 Å². The fourth-order valence-electron chi connectivity index (χ4n) is 3.20. The molecule has 0 atom stereocenters. The summed E-state index contributed by atoms with van der Waals surface area (Å²) in [5.41, 5.74) is 0.294. The first-order chi connectivity index (χ1) is 12.3. The lowest BCUT2D eigenvalue weighted by molar-refractivity contribution is -0.274. The molecule has 0 aliphatic carbocycles. The van der Waals surface area contributed by atoms with Crippen LogP contribution in [0.1, 0.15) is 10.4 Å². The molecule has 1 amide bonds. The molecule has 9 heteroatoms. The summed E-state index contributed by atoms with van der Waals surface area (Å²) in [6.07, 6.45) is -4.79. The number of nitrogens with one attached hydrogen (secondary N) is 2. The third-order valence-electron chi connectivity index (χ3n) is 4.37. The van der Waals surface area contributed by atoms with E-state index in [1.807, 2.05) is 0 Å². The number of fused-ring (bicyclic) bond motifs is 1. The third kappa shape index (κ3) is 2.74. The Morgan fingerprint density at radius 3 is 2.35 bits per heavy atom. The van der Waals surface area contributed by atoms with E-state index in [4.69, 9.17) is 0 Å². The summed E-state index contributed by atoms with van der Waals surface area (Å²) >= 11 is 0. The van der Waals surface area contributed by atoms with Gasteiger partial charge in [0.05, 0.1) is 11.3 Å². The van der Waals surface area contributed by atoms with E-state index in [-0.39, 0.29) is 11.7 Å². The number of alkyl halides is 3. The molecule has 136 valence electrons. The molecule has 5 nitrogen and oxygen atoms in total. The molecule has 4 rings (SSSR count). The van der Waals surface area contributed by atoms with Crippen LogP contribution in [0, 0.1) is 5.82 Å². The Morgan fingerprint density at radius 1 is 1.08 bits per heavy atom. The average molecular weight is 367 g/mol. The van der Waals surface area contributed by atoms with Gasteiger partial charge in [-0.25, -0.2) is 4.39 Å². The predicted octanol–water partition coefficient (Wildman–Crippen LogP) is 3.10. The number of anilines is 2. The summed E-state index contributed by atoms with van der Waals surface area (Å²) in [5.74, 6) is -1.19. The lowest BCUT2D eigenvalue weighted by atomic mass is 9.93. The molecule has 2 aliphatic rings. The Bertz CT molecular complexity index is 863. The van der Waals surface area contributed by atoms with Gasteiger partial charge in [0.1, 0.15) is 17.2 Å². The number of nitrogens with zero attached hydrogens (tertiary/aromatic N) is 1. The second-order valence-electron chi connectivity index (χ2n) is 6.13. The molecule has 26 heavy (non-hydrogen) atoms. The molecule has 2 aromatic carbocycles. The van der Waals surface area contributed by atoms with Crippen molar-refractivity contribution in [1.82, 2.24) is 5.32 Å². The smallest absolute Gasteiger partial charge is 0.406 e. The largest absolute Gasteiger partial charge is 0.573 e. The first-order valence-corrected chi connectivity index (χ1v) is 7.76. The molecule has 0 bridgehead atoms. The van der Waals surface area contributed by atoms with Crippen molar-refractivity contribution in [2.75, 3.05) is 23.3 Å². The minimum absolute atomic E-state index is 0.291. The molecule has 0 aromatic heterocycles. The quantitative estimate of drug-likeness (QED) is 0.801. The normalized spacial score (nSPS) is 18.2. The Morgan fingerprint density at radius 2 is 1.77 bits per heavy atom. The summed E-state index contributed by atoms with van der Waals surface area (Å²) in [5, 5.41) is 6.23. The van der Waals surface area contributed by atoms with Crippen LogP contribution in [-0.2, 0) is 0 Å². The van der Waals surface area contributed by atoms with Crippen LogP contribution in [0.15, 0.2) is 42.5 Å². The van der Waals surface area contributed by atoms with Gasteiger partial charge < -0.3 is 15.4 Å². The minimum atomic E-state index is -4.79. The van der Waals surface area contributed by atoms with Crippen molar-refractivity contribution in [3.8, 4) is 5.75 Å². The lowest BCUT2D eigenvalue weighted by Gasteiger charge is -2.53. The summed E-state index contributed by atoms with van der Waals surface area (Å²) in [4.78, 5) is 14.4. The second-order valence-corrected chi connectivity index (χ2v) is 6.13. The van der Waals surface area contributed by atoms with Crippen LogP contribution in [0.2, 0.25) is 0 Å². The van der Waals surface area contributed by atoms with Crippen molar-refractivity contribution in [3.05, 3.63) is 53.8 Å². The molecule has 0 unspecified atom stereocenters. The van der Waals surface area contributed by atoms with E-state index >= 15 is 0 Å². The maximum Gasteiger partial charge on any atom is 0.573 e. The van der Waals surface area contributed by atoms with Gasteiger partial charge in [0, 0.05) is 18.8 Å². The molecule has 0 saturated carbocycles. The number of hydrogen-bond donors (Lipinski definition) is 2. The van der Waals surface area contributed by atoms with Crippen molar-refractivity contribution >= 4 is 17.3 Å². The molecular formula is C17H13F4N3O2. The van der Waals surface area contributed by atoms with E-state index in [1.165, 1.54) is 35.2 Å². The maximum atomic E-state index is 13.5. The molecular weight excluding hydrogens is 354 g/mol. The molecule has 2 aliphatic heterocycles. The summed E-state index contributed by atoms with van der Waals surface area (Å²) in [6, 6.07) is 8.89. The number of halogens is 4. The van der Waals surface area contributed by atoms with Crippen molar-refractivity contribution in [2.45, 2.75) is 12.0 Å². The fraction of sp³-hybridized carbons (Fsp3) is 0.235. The van der Waals surface area contributed by atoms with E-state index in [0.29, 0.717) is 30.0 Å². The van der Waals surface area contributed by atoms with Crippen molar-refractivity contribution in [2.24, 2.45) is 0 Å². The van der Waals surface area contributed by atoms with Gasteiger partial charge in [-0.05, 0) is 42.5 Å². The van der Waals surface area contributed by atoms with Crippen LogP contribution in [0.25, 0.3) is 0 Å². The lowest BCUT2D eigenvalue weighted by Crippen LogP contribution is -2.76. The first kappa shape index (κ1) is 16.6. The summed E-state index contributed by atoms with van der Waals surface area (Å²) in [6.45, 7) is 0.824. The van der Waals surface area contributed by atoms with Crippen LogP contribution >= 0.6 is 0 Å². The van der Waals surface area contributed by atoms with E-state index in [2.05, 4.69) is 15.4 Å². The standard InChI is InChI=1S/C17H13F4N3O2/c18-10-1-6-13-14(7-10)23-16(8-22-9-16)24(15(13)25)11-2-4-12(5-3-11)26-17(19,20)21/h1-7,22-23H,8-9H2. The zero-order valence-corrected chi connectivity index (χ0v) is 13.2. The second kappa shape index (κ2) is 5.60. The molecule has 1 fully saturated rings. The molecule has 2 aromatic rings. The number of hydrogen-bond acceptors (Lipinski definition) is 4. The summed E-state index contributed by atoms with van der Waals surface area (Å²) < 4.78 is 54.3. The van der Waals surface area contributed by atoms with Crippen molar-refractivity contribution < 1.29 is 27.1 Å². The Labute approximate surface area is 145 Å². The highest BCUT2D eigenvalue weighted by Crippen LogP contribution is 2.38. The zero-order valence-electron chi connectivity index (χ0n) is 13.2. The number of ether oxygens (including phenoxy) is 1. The average Bonchev–Trinajstić information content (AvgIpc) is 2.52. The number of benzene rings is 2. The van der Waals surface area contributed by atoms with Crippen molar-refractivity contribution in [1.29, 1.82) is 0 Å². The van der Waals surface area contributed by atoms with Crippen LogP contribution in [0.4, 0.5) is 28.9 Å². The number of carbonyl (C=O) groups is 1. The van der Waals surface area contributed by atoms with Gasteiger partial charge >= 0.3 is 6.36 Å². The predicted molar refractivity (Wildman–Crippen MR) is 85.6 cm³/mol. The minimum Gasteiger partial charge on any atom is -0.406 e. The molecule has 1 saturated heterocycles. The van der Waals surface area contributed by atoms with Crippen molar-refractivity contribution in [3.63, 3.8) is 0 Å². The monoisotopic (exact) mass is 367 g/mol. The number of rotatable bonds is 2. The van der Waals surface area contributed by atoms with E-state index in [0.717, 1.165) is 12.1 Å². The van der Waals surface area contributed by atoms with Gasteiger partial charge in [0.15, 0.2) is 0 Å². The first-order valence-electron chi connectivity index (χ1n) is 7.76.